The molecule has 0 aliphatic carbocycles. The highest BCUT2D eigenvalue weighted by molar-refractivity contribution is 5.73. The van der Waals surface area contributed by atoms with Crippen LogP contribution in [0.5, 0.6) is 0 Å². The Morgan fingerprint density at radius 1 is 0.902 bits per heavy atom. The molecule has 2 aliphatic heterocycles. The summed E-state index contributed by atoms with van der Waals surface area (Å²) in [6.07, 6.45) is -5.73. The first-order chi connectivity index (χ1) is 19.2. The molecule has 0 radical (unpaired) electrons. The number of piperidine rings is 1. The van der Waals surface area contributed by atoms with Gasteiger partial charge in [0.1, 0.15) is 0 Å². The highest BCUT2D eigenvalue weighted by Crippen LogP contribution is 2.45. The average Bonchev–Trinajstić information content (AvgIpc) is 3.22. The molecule has 1 aromatic heterocycles. The lowest BCUT2D eigenvalue weighted by atomic mass is 9.71. The normalized spacial score (nSPS) is 19.0. The van der Waals surface area contributed by atoms with Gasteiger partial charge in [-0.25, -0.2) is 9.59 Å². The van der Waals surface area contributed by atoms with Gasteiger partial charge < -0.3 is 14.9 Å². The summed E-state index contributed by atoms with van der Waals surface area (Å²) in [4.78, 5) is 27.5. The Morgan fingerprint density at radius 2 is 1.44 bits per heavy atom. The largest absolute Gasteiger partial charge is 0.490 e. The minimum Gasteiger partial charge on any atom is -0.475 e. The molecule has 14 heteroatoms. The van der Waals surface area contributed by atoms with Gasteiger partial charge in [-0.2, -0.15) is 26.3 Å². The molecule has 0 bridgehead atoms. The Balaban J connectivity index is 0.000000349. The summed E-state index contributed by atoms with van der Waals surface area (Å²) in [5, 5.41) is 14.2. The van der Waals surface area contributed by atoms with Crippen LogP contribution in [-0.2, 0) is 27.4 Å². The number of alkyl halides is 6. The number of ether oxygens (including phenoxy) is 1. The van der Waals surface area contributed by atoms with Gasteiger partial charge in [0.25, 0.3) is 0 Å². The van der Waals surface area contributed by atoms with Crippen molar-refractivity contribution in [2.24, 2.45) is 11.3 Å². The molecule has 1 aromatic carbocycles. The molecular formula is C27H33F6N3O5. The summed E-state index contributed by atoms with van der Waals surface area (Å²) in [5.74, 6) is -4.88. The van der Waals surface area contributed by atoms with E-state index in [1.807, 2.05) is 19.4 Å². The topological polar surface area (TPSA) is 103 Å². The third-order valence-electron chi connectivity index (χ3n) is 6.95. The number of rotatable bonds is 6. The van der Waals surface area contributed by atoms with E-state index in [-0.39, 0.29) is 0 Å². The molecule has 3 heterocycles. The Labute approximate surface area is 233 Å². The van der Waals surface area contributed by atoms with Crippen LogP contribution in [-0.4, -0.2) is 89.2 Å². The lowest BCUT2D eigenvalue weighted by Gasteiger charge is -2.42. The van der Waals surface area contributed by atoms with Gasteiger partial charge in [-0.1, -0.05) is 36.4 Å². The van der Waals surface area contributed by atoms with Crippen molar-refractivity contribution in [1.29, 1.82) is 0 Å². The predicted octanol–water partition coefficient (Wildman–Crippen LogP) is 4.71. The lowest BCUT2D eigenvalue weighted by molar-refractivity contribution is -0.193. The van der Waals surface area contributed by atoms with Gasteiger partial charge in [0.15, 0.2) is 0 Å². The van der Waals surface area contributed by atoms with Gasteiger partial charge in [-0.3, -0.25) is 14.8 Å². The van der Waals surface area contributed by atoms with Crippen LogP contribution in [0.1, 0.15) is 24.1 Å². The van der Waals surface area contributed by atoms with Crippen LogP contribution in [0.2, 0.25) is 0 Å². The third-order valence-corrected chi connectivity index (χ3v) is 6.95. The standard InChI is InChI=1S/C23H31N3O.2C2HF3O2/c1-27-18-21-16-26(17-22-9-5-6-12-24-22)19-23(21)10-13-25(14-11-23)15-20-7-3-2-4-8-20;2*3-2(4,5)1(6)7/h2-9,12,21H,10-11,13-19H2,1H3;2*(H,6,7). The smallest absolute Gasteiger partial charge is 0.475 e. The predicted molar refractivity (Wildman–Crippen MR) is 136 cm³/mol. The van der Waals surface area contributed by atoms with Crippen molar-refractivity contribution >= 4 is 11.9 Å². The molecule has 2 N–H and O–H groups in total. The summed E-state index contributed by atoms with van der Waals surface area (Å²) in [6, 6.07) is 17.1. The van der Waals surface area contributed by atoms with E-state index in [1.165, 1.54) is 43.7 Å². The maximum absolute atomic E-state index is 10.6. The monoisotopic (exact) mass is 593 g/mol. The minimum atomic E-state index is -5.08. The molecule has 1 unspecified atom stereocenters. The van der Waals surface area contributed by atoms with Crippen molar-refractivity contribution < 1.29 is 50.9 Å². The molecule has 2 aromatic rings. The van der Waals surface area contributed by atoms with E-state index in [0.29, 0.717) is 11.3 Å². The maximum atomic E-state index is 10.6. The number of hydrogen-bond acceptors (Lipinski definition) is 6. The average molecular weight is 594 g/mol. The molecule has 8 nitrogen and oxygen atoms in total. The van der Waals surface area contributed by atoms with Crippen LogP contribution in [0, 0.1) is 11.3 Å². The molecule has 228 valence electrons. The van der Waals surface area contributed by atoms with Crippen LogP contribution < -0.4 is 0 Å². The SMILES string of the molecule is COCC1CN(Cc2ccccn2)CC12CCN(Cc1ccccc1)CC2.O=C(O)C(F)(F)F.O=C(O)C(F)(F)F. The third kappa shape index (κ3) is 11.3. The zero-order valence-electron chi connectivity index (χ0n) is 22.4. The lowest BCUT2D eigenvalue weighted by Crippen LogP contribution is -2.44. The second kappa shape index (κ2) is 15.1. The summed E-state index contributed by atoms with van der Waals surface area (Å²) < 4.78 is 69.1. The van der Waals surface area contributed by atoms with E-state index in [1.54, 1.807) is 0 Å². The molecule has 0 amide bonds. The number of carbonyl (C=O) groups is 2. The Morgan fingerprint density at radius 3 is 1.90 bits per heavy atom. The maximum Gasteiger partial charge on any atom is 0.490 e. The molecule has 2 saturated heterocycles. The first kappa shape index (κ1) is 34.0. The zero-order valence-corrected chi connectivity index (χ0v) is 22.4. The van der Waals surface area contributed by atoms with Crippen molar-refractivity contribution in [3.8, 4) is 0 Å². The van der Waals surface area contributed by atoms with Gasteiger partial charge >= 0.3 is 24.3 Å². The van der Waals surface area contributed by atoms with Crippen molar-refractivity contribution in [2.75, 3.05) is 39.9 Å². The summed E-state index contributed by atoms with van der Waals surface area (Å²) in [5.41, 5.74) is 3.00. The fraction of sp³-hybridized carbons (Fsp3) is 0.519. The van der Waals surface area contributed by atoms with Crippen LogP contribution in [0.15, 0.2) is 54.7 Å². The fourth-order valence-corrected chi connectivity index (χ4v) is 4.98. The number of pyridine rings is 1. The molecular weight excluding hydrogens is 560 g/mol. The van der Waals surface area contributed by atoms with E-state index in [0.717, 1.165) is 26.2 Å². The van der Waals surface area contributed by atoms with E-state index < -0.39 is 24.3 Å². The van der Waals surface area contributed by atoms with E-state index in [4.69, 9.17) is 24.5 Å². The number of carboxylic acids is 2. The van der Waals surface area contributed by atoms with Crippen molar-refractivity contribution in [3.63, 3.8) is 0 Å². The van der Waals surface area contributed by atoms with E-state index in [9.17, 15) is 26.3 Å². The Kier molecular flexibility index (Phi) is 12.5. The van der Waals surface area contributed by atoms with E-state index in [2.05, 4.69) is 57.2 Å². The number of aromatic nitrogens is 1. The van der Waals surface area contributed by atoms with E-state index >= 15 is 0 Å². The Bertz CT molecular complexity index is 1050. The highest BCUT2D eigenvalue weighted by atomic mass is 19.4. The number of likely N-dealkylation sites (tertiary alicyclic amines) is 2. The zero-order chi connectivity index (χ0) is 30.7. The number of halogens is 6. The molecule has 2 fully saturated rings. The van der Waals surface area contributed by atoms with Gasteiger partial charge in [0, 0.05) is 45.4 Å². The van der Waals surface area contributed by atoms with Gasteiger partial charge in [0.05, 0.1) is 12.3 Å². The molecule has 0 saturated carbocycles. The van der Waals surface area contributed by atoms with Crippen LogP contribution in [0.3, 0.4) is 0 Å². The van der Waals surface area contributed by atoms with Crippen molar-refractivity contribution in [3.05, 3.63) is 66.0 Å². The summed E-state index contributed by atoms with van der Waals surface area (Å²) in [7, 11) is 1.85. The second-order valence-electron chi connectivity index (χ2n) is 9.87. The summed E-state index contributed by atoms with van der Waals surface area (Å²) >= 11 is 0. The molecule has 1 atom stereocenters. The molecule has 4 rings (SSSR count). The minimum absolute atomic E-state index is 0.401. The molecule has 41 heavy (non-hydrogen) atoms. The van der Waals surface area contributed by atoms with Crippen LogP contribution in [0.4, 0.5) is 26.3 Å². The number of hydrogen-bond donors (Lipinski definition) is 2. The second-order valence-corrected chi connectivity index (χ2v) is 9.87. The first-order valence-corrected chi connectivity index (χ1v) is 12.6. The summed E-state index contributed by atoms with van der Waals surface area (Å²) in [6.45, 7) is 7.58. The van der Waals surface area contributed by atoms with Gasteiger partial charge in [-0.15, -0.1) is 0 Å². The number of aliphatic carboxylic acids is 2. The first-order valence-electron chi connectivity index (χ1n) is 12.6. The van der Waals surface area contributed by atoms with Crippen LogP contribution in [0.25, 0.3) is 0 Å². The quantitative estimate of drug-likeness (QED) is 0.465. The number of carboxylic acid groups (broad SMARTS) is 2. The van der Waals surface area contributed by atoms with Crippen LogP contribution >= 0.6 is 0 Å². The van der Waals surface area contributed by atoms with Gasteiger partial charge in [-0.05, 0) is 49.0 Å². The number of benzene rings is 1. The fourth-order valence-electron chi connectivity index (χ4n) is 4.98. The van der Waals surface area contributed by atoms with Crippen molar-refractivity contribution in [1.82, 2.24) is 14.8 Å². The molecule has 2 aliphatic rings. The number of nitrogens with zero attached hydrogens (tertiary/aromatic N) is 3. The highest BCUT2D eigenvalue weighted by Gasteiger charge is 2.47. The van der Waals surface area contributed by atoms with Crippen molar-refractivity contribution in [2.45, 2.75) is 38.3 Å². The Hall–Kier alpha value is -3.23. The number of methoxy groups -OCH3 is 1. The van der Waals surface area contributed by atoms with Gasteiger partial charge in [0.2, 0.25) is 0 Å². The molecule has 1 spiro atoms.